The zero-order valence-corrected chi connectivity index (χ0v) is 45.8. The Hall–Kier alpha value is 2.98. The fraction of sp³-hybridized carbons (Fsp3) is 0.0526. The molecule has 278 valence electrons. The zero-order chi connectivity index (χ0) is 38.3. The summed E-state index contributed by atoms with van der Waals surface area (Å²) in [6.07, 6.45) is 0.497. The Morgan fingerprint density at radius 3 is 0.796 bits per heavy atom. The maximum absolute atomic E-state index is 13.0. The van der Waals surface area contributed by atoms with Gasteiger partial charge >= 0.3 is 226 Å². The second kappa shape index (κ2) is 22.4. The average molecular weight is 1000 g/mol. The molecule has 0 amide bonds. The fourth-order valence-electron chi connectivity index (χ4n) is 3.18. The van der Waals surface area contributed by atoms with E-state index in [1.54, 1.807) is 5.48 Å². The van der Waals surface area contributed by atoms with Crippen LogP contribution in [0.3, 0.4) is 0 Å². The molecule has 0 saturated heterocycles. The monoisotopic (exact) mass is 1000 g/mol. The van der Waals surface area contributed by atoms with Crippen LogP contribution in [0.4, 0.5) is 17.1 Å². The molecule has 0 spiro atoms. The van der Waals surface area contributed by atoms with Gasteiger partial charge in [-0.2, -0.15) is 29.5 Å². The van der Waals surface area contributed by atoms with Gasteiger partial charge in [0.05, 0.1) is 52.7 Å². The Balaban J connectivity index is 0. The smallest absolute Gasteiger partial charge is 0.744 e. The summed E-state index contributed by atoms with van der Waals surface area (Å²) >= 11 is 0. The second-order valence-electron chi connectivity index (χ2n) is 9.06. The third-order valence-electron chi connectivity index (χ3n) is 5.22. The molecule has 0 saturated carbocycles. The maximum Gasteiger partial charge on any atom is 1.00 e. The van der Waals surface area contributed by atoms with Crippen LogP contribution < -0.4 is 222 Å². The molecule has 3 rings (SSSR count). The molecule has 3 N–H and O–H groups in total. The van der Waals surface area contributed by atoms with Crippen molar-refractivity contribution in [3.63, 3.8) is 0 Å². The van der Waals surface area contributed by atoms with E-state index < -0.39 is 117 Å². The minimum atomic E-state index is -5.45. The van der Waals surface area contributed by atoms with E-state index >= 15 is 0 Å². The first kappa shape index (κ1) is 59.1. The summed E-state index contributed by atoms with van der Waals surface area (Å²) in [5, 5.41) is 0. The Kier molecular flexibility index (Phi) is 24.5. The average Bonchev–Trinajstić information content (AvgIpc) is 2.95. The van der Waals surface area contributed by atoms with Crippen molar-refractivity contribution in [2.45, 2.75) is 29.4 Å². The van der Waals surface area contributed by atoms with Crippen LogP contribution in [0.2, 0.25) is 0 Å². The molecule has 0 aliphatic carbocycles. The summed E-state index contributed by atoms with van der Waals surface area (Å²) in [5.74, 6) is 0. The predicted molar refractivity (Wildman–Crippen MR) is 155 cm³/mol. The van der Waals surface area contributed by atoms with E-state index in [0.717, 1.165) is 0 Å². The topological polar surface area (TPSA) is 395 Å². The Labute approximate surface area is 478 Å². The van der Waals surface area contributed by atoms with E-state index in [0.29, 0.717) is 42.7 Å². The first-order valence-corrected chi connectivity index (χ1v) is 22.0. The van der Waals surface area contributed by atoms with E-state index in [1.807, 2.05) is 0 Å². The van der Waals surface area contributed by atoms with Crippen LogP contribution in [-0.4, -0.2) is 83.4 Å². The van der Waals surface area contributed by atoms with Crippen LogP contribution in [-0.2, 0) is 83.7 Å². The molecule has 0 aromatic heterocycles. The SMILES string of the molecule is CS(=O)(=O)ONc1cc(S(=O)(=O)ONc2cc(S(=O)(=O)[O-])cc(S(=O)(=O)[O-])c2)cc(S(=O)(=O)ONc2cc(S(=O)(=O)[O-])cc(S(=O)(=O)[O-])c2)c1.[K+].[K+].[K+].[K+]. The van der Waals surface area contributed by atoms with Gasteiger partial charge in [0.15, 0.2) is 0 Å². The molecule has 24 nitrogen and oxygen atoms in total. The van der Waals surface area contributed by atoms with Gasteiger partial charge in [-0.05, 0) is 54.6 Å². The number of nitrogens with one attached hydrogen (secondary N) is 3. The number of hydrogen-bond donors (Lipinski definition) is 3. The molecule has 3 aromatic carbocycles. The van der Waals surface area contributed by atoms with Crippen molar-refractivity contribution in [1.29, 1.82) is 0 Å². The fourth-order valence-corrected chi connectivity index (χ4v) is 7.52. The summed E-state index contributed by atoms with van der Waals surface area (Å²) in [7, 11) is -36.9. The van der Waals surface area contributed by atoms with E-state index in [2.05, 4.69) is 12.9 Å². The minimum absolute atomic E-state index is 0. The van der Waals surface area contributed by atoms with Gasteiger partial charge < -0.3 is 18.2 Å². The number of rotatable bonds is 15. The number of anilines is 3. The van der Waals surface area contributed by atoms with Crippen molar-refractivity contribution in [2.24, 2.45) is 0 Å². The van der Waals surface area contributed by atoms with Gasteiger partial charge in [0.25, 0.3) is 10.1 Å². The molecule has 3 aromatic rings. The Morgan fingerprint density at radius 1 is 0.370 bits per heavy atom. The minimum Gasteiger partial charge on any atom is -0.744 e. The summed E-state index contributed by atoms with van der Waals surface area (Å²) in [5.41, 5.74) is 2.09. The van der Waals surface area contributed by atoms with Gasteiger partial charge in [0.1, 0.15) is 40.5 Å². The van der Waals surface area contributed by atoms with Crippen molar-refractivity contribution < 1.29 is 296 Å². The van der Waals surface area contributed by atoms with Gasteiger partial charge in [-0.15, -0.1) is 8.57 Å². The van der Waals surface area contributed by atoms with E-state index in [1.165, 1.54) is 11.0 Å². The summed E-state index contributed by atoms with van der Waals surface area (Å²) in [6.45, 7) is 0. The van der Waals surface area contributed by atoms with Crippen molar-refractivity contribution in [3.05, 3.63) is 54.6 Å². The summed E-state index contributed by atoms with van der Waals surface area (Å²) in [4.78, 5) is -7.82. The van der Waals surface area contributed by atoms with Gasteiger partial charge in [0, 0.05) is 0 Å². The molecule has 0 atom stereocenters. The quantitative estimate of drug-likeness (QED) is 0.0723. The number of benzene rings is 3. The van der Waals surface area contributed by atoms with Crippen LogP contribution in [0, 0.1) is 0 Å². The molecule has 0 fully saturated rings. The molecule has 0 aliphatic rings. The third-order valence-corrected chi connectivity index (χ3v) is 11.1. The van der Waals surface area contributed by atoms with Crippen molar-refractivity contribution in [1.82, 2.24) is 0 Å². The van der Waals surface area contributed by atoms with Crippen molar-refractivity contribution in [3.8, 4) is 0 Å². The normalized spacial score (nSPS) is 12.5. The Bertz CT molecular complexity index is 2400. The molecule has 35 heteroatoms. The van der Waals surface area contributed by atoms with Crippen LogP contribution in [0.1, 0.15) is 0 Å². The van der Waals surface area contributed by atoms with E-state index in [4.69, 9.17) is 0 Å². The second-order valence-corrected chi connectivity index (χ2v) is 19.3. The number of hydrogen-bond acceptors (Lipinski definition) is 24. The van der Waals surface area contributed by atoms with Crippen LogP contribution >= 0.6 is 0 Å². The maximum atomic E-state index is 13.0. The van der Waals surface area contributed by atoms with Crippen molar-refractivity contribution >= 4 is 87.9 Å². The molecule has 0 aliphatic heterocycles. The zero-order valence-electron chi connectivity index (χ0n) is 27.6. The van der Waals surface area contributed by atoms with Crippen LogP contribution in [0.5, 0.6) is 0 Å². The molecule has 0 bridgehead atoms. The van der Waals surface area contributed by atoms with Crippen molar-refractivity contribution in [2.75, 3.05) is 22.7 Å². The van der Waals surface area contributed by atoms with E-state index in [-0.39, 0.29) is 224 Å². The molecule has 0 heterocycles. The van der Waals surface area contributed by atoms with Crippen LogP contribution in [0.25, 0.3) is 0 Å². The summed E-state index contributed by atoms with van der Waals surface area (Å²) < 4.78 is 225. The van der Waals surface area contributed by atoms with E-state index in [9.17, 15) is 77.1 Å². The standard InChI is InChI=1S/C19H19N3O21S7.4K/c1-44(23,24)41-20-13-6-18(49(37,38)42-21-11-2-14(45(25,26)27)8-15(3-11)46(28,29)30)10-19(7-13)50(39,40)43-22-12-4-16(47(31,32)33)9-17(5-12)48(34,35)36;;;;/h2-10,20-22H,1H3,(H,25,26,27)(H,28,29,30)(H,31,32,33)(H,34,35,36);;;;/q;4*+1/p-4. The molecular weight excluding hydrogens is 987 g/mol. The molecule has 0 radical (unpaired) electrons. The third kappa shape index (κ3) is 18.5. The molecule has 54 heavy (non-hydrogen) atoms. The first-order valence-electron chi connectivity index (χ1n) is 11.7. The van der Waals surface area contributed by atoms with Gasteiger partial charge in [-0.3, -0.25) is 0 Å². The van der Waals surface area contributed by atoms with Gasteiger partial charge in [-0.1, -0.05) is 0 Å². The molecule has 0 unspecified atom stereocenters. The summed E-state index contributed by atoms with van der Waals surface area (Å²) in [6, 6.07) is 2.87. The van der Waals surface area contributed by atoms with Crippen LogP contribution in [0.15, 0.2) is 84.0 Å². The Morgan fingerprint density at radius 2 is 0.574 bits per heavy atom. The molecular formula is C19H15K4N3O21S7. The predicted octanol–water partition coefficient (Wildman–Crippen LogP) is -13.9. The van der Waals surface area contributed by atoms with Gasteiger partial charge in [-0.25, -0.2) is 50.1 Å². The van der Waals surface area contributed by atoms with Gasteiger partial charge in [0.2, 0.25) is 0 Å². The largest absolute Gasteiger partial charge is 1.00 e. The first-order chi connectivity index (χ1) is 22.4.